The third-order valence-corrected chi connectivity index (χ3v) is 6.28. The highest BCUT2D eigenvalue weighted by atomic mass is 32.2. The van der Waals surface area contributed by atoms with Crippen molar-refractivity contribution in [3.63, 3.8) is 0 Å². The molecule has 2 amide bonds. The monoisotopic (exact) mass is 490 g/mol. The molecule has 1 unspecified atom stereocenters. The Bertz CT molecular complexity index is 1130. The summed E-state index contributed by atoms with van der Waals surface area (Å²) in [7, 11) is 0. The van der Waals surface area contributed by atoms with Crippen LogP contribution in [0.4, 0.5) is 8.78 Å². The quantitative estimate of drug-likeness (QED) is 0.268. The minimum absolute atomic E-state index is 0.0170. The van der Waals surface area contributed by atoms with Gasteiger partial charge in [0.05, 0.1) is 0 Å². The molecule has 0 aromatic heterocycles. The van der Waals surface area contributed by atoms with Crippen LogP contribution in [0, 0.1) is 11.6 Å². The van der Waals surface area contributed by atoms with E-state index in [1.54, 1.807) is 37.3 Å². The number of carbonyl (C=O) groups is 2. The van der Waals surface area contributed by atoms with Crippen LogP contribution in [-0.2, 0) is 19.3 Å². The lowest BCUT2D eigenvalue weighted by Gasteiger charge is -2.36. The molecule has 2 aromatic carbocycles. The maximum atomic E-state index is 14.6. The van der Waals surface area contributed by atoms with E-state index in [1.165, 1.54) is 13.8 Å². The highest BCUT2D eigenvalue weighted by molar-refractivity contribution is 8.15. The number of aliphatic hydroxyl groups is 1. The molecule has 0 saturated heterocycles. The molecule has 11 heteroatoms. The number of benzene rings is 2. The van der Waals surface area contributed by atoms with Gasteiger partial charge in [-0.15, -0.1) is 0 Å². The molecule has 0 radical (unpaired) electrons. The maximum absolute atomic E-state index is 14.6. The summed E-state index contributed by atoms with van der Waals surface area (Å²) < 4.78 is 28.5. The van der Waals surface area contributed by atoms with Crippen LogP contribution in [0.15, 0.2) is 58.8 Å². The topological polar surface area (TPSA) is 104 Å². The van der Waals surface area contributed by atoms with E-state index in [2.05, 4.69) is 15.6 Å². The minimum atomic E-state index is -1.40. The Hall–Kier alpha value is -3.31. The first kappa shape index (κ1) is 25.3. The summed E-state index contributed by atoms with van der Waals surface area (Å²) in [6.07, 6.45) is -1.27. The molecule has 1 aliphatic heterocycles. The van der Waals surface area contributed by atoms with E-state index >= 15 is 0 Å². The van der Waals surface area contributed by atoms with Crippen molar-refractivity contribution in [1.82, 2.24) is 10.3 Å². The van der Waals surface area contributed by atoms with Gasteiger partial charge in [0.2, 0.25) is 5.91 Å². The molecule has 0 bridgehead atoms. The number of hydrogen-bond donors (Lipinski definition) is 2. The molecule has 0 spiro atoms. The van der Waals surface area contributed by atoms with Crippen LogP contribution in [-0.4, -0.2) is 45.5 Å². The molecule has 1 aliphatic rings. The molecular formula is C23H24F2N4O4S. The molecule has 2 atom stereocenters. The van der Waals surface area contributed by atoms with E-state index < -0.39 is 28.5 Å². The van der Waals surface area contributed by atoms with E-state index in [0.717, 1.165) is 35.0 Å². The molecule has 1 heterocycles. The van der Waals surface area contributed by atoms with Gasteiger partial charge in [-0.2, -0.15) is 5.10 Å². The lowest BCUT2D eigenvalue weighted by molar-refractivity contribution is -0.143. The number of amides is 2. The molecule has 2 N–H and O–H groups in total. The third-order valence-electron chi connectivity index (χ3n) is 4.84. The molecule has 0 aliphatic carbocycles. The average Bonchev–Trinajstić information content (AvgIpc) is 3.18. The second-order valence-corrected chi connectivity index (χ2v) is 8.82. The average molecular weight is 491 g/mol. The van der Waals surface area contributed by atoms with E-state index in [0.29, 0.717) is 5.56 Å². The molecule has 8 nitrogen and oxygen atoms in total. The standard InChI is InChI=1S/C23H24F2N4O4S/c1-14(30)22(32)29-23(17-7-5-4-6-8-17,11-12-33-28-15(2)26-16(3)31)34-21(27-29)19-13-18(24)9-10-20(19)25/h4-10,13-14,30H,11-12H2,1-3H3,(H,26,28,31)/t14-,23?/m0/s1. The number of hydrazone groups is 1. The van der Waals surface area contributed by atoms with Gasteiger partial charge in [0, 0.05) is 18.9 Å². The van der Waals surface area contributed by atoms with Crippen LogP contribution >= 0.6 is 11.8 Å². The lowest BCUT2D eigenvalue weighted by Crippen LogP contribution is -2.45. The van der Waals surface area contributed by atoms with Crippen molar-refractivity contribution in [2.24, 2.45) is 10.3 Å². The predicted octanol–water partition coefficient (Wildman–Crippen LogP) is 3.31. The number of thioether (sulfide) groups is 1. The number of halogens is 2. The molecule has 0 fully saturated rings. The summed E-state index contributed by atoms with van der Waals surface area (Å²) in [5.41, 5.74) is 0.530. The first-order valence-corrected chi connectivity index (χ1v) is 11.2. The fourth-order valence-electron chi connectivity index (χ4n) is 3.35. The number of rotatable bonds is 7. The Balaban J connectivity index is 2.01. The van der Waals surface area contributed by atoms with Crippen LogP contribution in [0.3, 0.4) is 0 Å². The number of amidine groups is 1. The predicted molar refractivity (Wildman–Crippen MR) is 125 cm³/mol. The first-order valence-electron chi connectivity index (χ1n) is 10.4. The Labute approximate surface area is 199 Å². The van der Waals surface area contributed by atoms with Crippen molar-refractivity contribution in [3.05, 3.63) is 71.3 Å². The van der Waals surface area contributed by atoms with E-state index in [1.807, 2.05) is 0 Å². The minimum Gasteiger partial charge on any atom is -0.394 e. The van der Waals surface area contributed by atoms with Gasteiger partial charge >= 0.3 is 0 Å². The van der Waals surface area contributed by atoms with E-state index in [9.17, 15) is 23.5 Å². The molecule has 180 valence electrons. The molecule has 2 aromatic rings. The van der Waals surface area contributed by atoms with E-state index in [4.69, 9.17) is 4.84 Å². The lowest BCUT2D eigenvalue weighted by atomic mass is 10.0. The fourth-order valence-corrected chi connectivity index (χ4v) is 4.72. The van der Waals surface area contributed by atoms with E-state index in [-0.39, 0.29) is 35.4 Å². The largest absolute Gasteiger partial charge is 0.394 e. The molecule has 34 heavy (non-hydrogen) atoms. The van der Waals surface area contributed by atoms with Gasteiger partial charge in [-0.3, -0.25) is 9.59 Å². The van der Waals surface area contributed by atoms with Gasteiger partial charge in [-0.05, 0) is 37.6 Å². The first-order chi connectivity index (χ1) is 16.1. The third kappa shape index (κ3) is 5.60. The number of aliphatic hydroxyl groups excluding tert-OH is 1. The van der Waals surface area contributed by atoms with Gasteiger partial charge in [0.15, 0.2) is 0 Å². The van der Waals surface area contributed by atoms with Gasteiger partial charge in [0.1, 0.15) is 40.1 Å². The smallest absolute Gasteiger partial charge is 0.272 e. The van der Waals surface area contributed by atoms with Crippen LogP contribution in [0.5, 0.6) is 0 Å². The van der Waals surface area contributed by atoms with Crippen molar-refractivity contribution < 1.29 is 28.3 Å². The Morgan fingerprint density at radius 2 is 1.94 bits per heavy atom. The molecule has 3 rings (SSSR count). The van der Waals surface area contributed by atoms with Gasteiger partial charge in [-0.1, -0.05) is 47.2 Å². The normalized spacial score (nSPS) is 18.9. The second kappa shape index (κ2) is 10.7. The van der Waals surface area contributed by atoms with Crippen molar-refractivity contribution in [2.45, 2.75) is 38.2 Å². The summed E-state index contributed by atoms with van der Waals surface area (Å²) in [5.74, 6) is -2.14. The summed E-state index contributed by atoms with van der Waals surface area (Å²) in [6.45, 7) is 4.17. The number of carbonyl (C=O) groups excluding carboxylic acids is 2. The summed E-state index contributed by atoms with van der Waals surface area (Å²) in [6, 6.07) is 11.8. The molecule has 0 saturated carbocycles. The summed E-state index contributed by atoms with van der Waals surface area (Å²) in [5, 5.41) is 21.8. The Kier molecular flexibility index (Phi) is 8.00. The number of hydrogen-bond acceptors (Lipinski definition) is 7. The zero-order chi connectivity index (χ0) is 24.9. The Morgan fingerprint density at radius 3 is 2.59 bits per heavy atom. The highest BCUT2D eigenvalue weighted by Gasteiger charge is 2.49. The van der Waals surface area contributed by atoms with Gasteiger partial charge in [0.25, 0.3) is 5.91 Å². The Morgan fingerprint density at radius 1 is 1.24 bits per heavy atom. The zero-order valence-electron chi connectivity index (χ0n) is 18.8. The zero-order valence-corrected chi connectivity index (χ0v) is 19.6. The SMILES string of the molecule is CC(=O)N/C(C)=N\OCCC1(c2ccccc2)SC(c2cc(F)ccc2F)=NN1C(=O)[C@H](C)O. The number of nitrogens with zero attached hydrogens (tertiary/aromatic N) is 3. The van der Waals surface area contributed by atoms with Crippen LogP contribution in [0.1, 0.15) is 38.3 Å². The molecular weight excluding hydrogens is 466 g/mol. The number of oxime groups is 1. The van der Waals surface area contributed by atoms with Crippen LogP contribution in [0.25, 0.3) is 0 Å². The van der Waals surface area contributed by atoms with Crippen LogP contribution < -0.4 is 5.32 Å². The van der Waals surface area contributed by atoms with Crippen LogP contribution in [0.2, 0.25) is 0 Å². The van der Waals surface area contributed by atoms with Crippen molar-refractivity contribution in [2.75, 3.05) is 6.61 Å². The van der Waals surface area contributed by atoms with Crippen molar-refractivity contribution >= 4 is 34.5 Å². The summed E-state index contributed by atoms with van der Waals surface area (Å²) >= 11 is 1.05. The maximum Gasteiger partial charge on any atom is 0.272 e. The highest BCUT2D eigenvalue weighted by Crippen LogP contribution is 2.50. The van der Waals surface area contributed by atoms with Gasteiger partial charge < -0.3 is 15.3 Å². The van der Waals surface area contributed by atoms with Crippen molar-refractivity contribution in [1.29, 1.82) is 0 Å². The van der Waals surface area contributed by atoms with Gasteiger partial charge in [-0.25, -0.2) is 13.8 Å². The summed E-state index contributed by atoms with van der Waals surface area (Å²) in [4.78, 5) is 28.3. The number of nitrogens with one attached hydrogen (secondary N) is 1. The fraction of sp³-hybridized carbons (Fsp3) is 0.304. The van der Waals surface area contributed by atoms with Crippen molar-refractivity contribution in [3.8, 4) is 0 Å². The second-order valence-electron chi connectivity index (χ2n) is 7.55.